The smallest absolute Gasteiger partial charge is 0.193 e. The van der Waals surface area contributed by atoms with Crippen LogP contribution in [0.4, 0.5) is 8.78 Å². The summed E-state index contributed by atoms with van der Waals surface area (Å²) in [5.74, 6) is -3.24. The Morgan fingerprint density at radius 2 is 1.91 bits per heavy atom. The molecule has 0 amide bonds. The molecule has 1 aliphatic heterocycles. The summed E-state index contributed by atoms with van der Waals surface area (Å²) in [4.78, 5) is 25.2. The molecule has 0 spiro atoms. The first-order chi connectivity index (χ1) is 14.8. The fraction of sp³-hybridized carbons (Fsp3) is 0.833. The molecule has 0 aromatic carbocycles. The van der Waals surface area contributed by atoms with Crippen molar-refractivity contribution in [1.82, 2.24) is 0 Å². The van der Waals surface area contributed by atoms with Crippen LogP contribution in [0, 0.1) is 22.7 Å². The van der Waals surface area contributed by atoms with E-state index in [2.05, 4.69) is 0 Å². The van der Waals surface area contributed by atoms with E-state index in [4.69, 9.17) is 9.47 Å². The zero-order chi connectivity index (χ0) is 23.5. The SMILES string of the molecule is CC1(C)O[C@@H]2C[C@H]3[C@@H]4C[C@H](F)C5=CC(=O)CC[C@]5(C)[C@@]4(F)[C@@H](O)C[C@]3(C)[C@]2(C(=O)CO)O1. The molecule has 178 valence electrons. The predicted molar refractivity (Wildman–Crippen MR) is 109 cm³/mol. The predicted octanol–water partition coefficient (Wildman–Crippen LogP) is 2.59. The van der Waals surface area contributed by atoms with E-state index in [1.165, 1.54) is 6.08 Å². The lowest BCUT2D eigenvalue weighted by Gasteiger charge is -2.64. The molecule has 0 bridgehead atoms. The summed E-state index contributed by atoms with van der Waals surface area (Å²) in [6, 6.07) is 0. The highest BCUT2D eigenvalue weighted by Crippen LogP contribution is 2.73. The number of halogens is 2. The number of carbonyl (C=O) groups excluding carboxylic acids is 2. The maximum Gasteiger partial charge on any atom is 0.193 e. The molecule has 1 saturated heterocycles. The molecule has 3 saturated carbocycles. The van der Waals surface area contributed by atoms with Gasteiger partial charge in [0.15, 0.2) is 23.0 Å². The van der Waals surface area contributed by atoms with Crippen molar-refractivity contribution in [3.8, 4) is 0 Å². The van der Waals surface area contributed by atoms with E-state index < -0.39 is 70.5 Å². The molecule has 5 rings (SSSR count). The fourth-order valence-electron chi connectivity index (χ4n) is 8.28. The van der Waals surface area contributed by atoms with Crippen molar-refractivity contribution in [2.24, 2.45) is 22.7 Å². The summed E-state index contributed by atoms with van der Waals surface area (Å²) in [5.41, 5.74) is -5.90. The van der Waals surface area contributed by atoms with E-state index in [0.717, 1.165) is 0 Å². The molecular formula is C24H32F2O6. The Balaban J connectivity index is 1.65. The van der Waals surface area contributed by atoms with E-state index in [1.807, 2.05) is 0 Å². The van der Waals surface area contributed by atoms with Crippen molar-refractivity contribution in [3.63, 3.8) is 0 Å². The number of Topliss-reactive ketones (excluding diaryl/α,β-unsaturated/α-hetero) is 1. The molecule has 0 aromatic heterocycles. The highest BCUT2D eigenvalue weighted by atomic mass is 19.1. The van der Waals surface area contributed by atoms with Gasteiger partial charge in [0.2, 0.25) is 0 Å². The van der Waals surface area contributed by atoms with Gasteiger partial charge in [0, 0.05) is 23.2 Å². The zero-order valence-corrected chi connectivity index (χ0v) is 19.0. The molecule has 0 radical (unpaired) electrons. The third-order valence-corrected chi connectivity index (χ3v) is 9.58. The van der Waals surface area contributed by atoms with Gasteiger partial charge in [0.05, 0.1) is 12.2 Å². The molecule has 2 N–H and O–H groups in total. The molecule has 8 heteroatoms. The fourth-order valence-corrected chi connectivity index (χ4v) is 8.28. The normalized spacial score (nSPS) is 53.7. The highest BCUT2D eigenvalue weighted by molar-refractivity contribution is 5.92. The van der Waals surface area contributed by atoms with Gasteiger partial charge in [-0.1, -0.05) is 13.8 Å². The first kappa shape index (κ1) is 22.6. The molecule has 32 heavy (non-hydrogen) atoms. The lowest BCUT2D eigenvalue weighted by Crippen LogP contribution is -2.71. The number of alkyl halides is 2. The number of ketones is 2. The van der Waals surface area contributed by atoms with Gasteiger partial charge in [-0.3, -0.25) is 9.59 Å². The van der Waals surface area contributed by atoms with E-state index in [9.17, 15) is 19.8 Å². The van der Waals surface area contributed by atoms with Crippen molar-refractivity contribution in [3.05, 3.63) is 11.6 Å². The van der Waals surface area contributed by atoms with Crippen molar-refractivity contribution in [2.75, 3.05) is 6.61 Å². The standard InChI is InChI=1S/C24H32F2O6/c1-20(2)31-19-9-13-14-8-16(25)15-7-12(28)5-6-21(15,3)23(14,26)17(29)10-22(13,4)24(19,32-20)18(30)11-27/h7,13-14,16-17,19,27,29H,5-6,8-11H2,1-4H3/t13-,14-,16-,17-,19+,21-,22-,23-,24+/m0/s1. The minimum atomic E-state index is -2.15. The van der Waals surface area contributed by atoms with Crippen LogP contribution < -0.4 is 0 Å². The van der Waals surface area contributed by atoms with E-state index in [0.29, 0.717) is 0 Å². The Kier molecular flexibility index (Phi) is 4.56. The van der Waals surface area contributed by atoms with Crippen LogP contribution in [0.25, 0.3) is 0 Å². The summed E-state index contributed by atoms with van der Waals surface area (Å²) in [6.45, 7) is 6.01. The quantitative estimate of drug-likeness (QED) is 0.666. The first-order valence-electron chi connectivity index (χ1n) is 11.5. The number of aliphatic hydroxyl groups excluding tert-OH is 2. The Bertz CT molecular complexity index is 918. The lowest BCUT2D eigenvalue weighted by molar-refractivity contribution is -0.254. The van der Waals surface area contributed by atoms with E-state index >= 15 is 8.78 Å². The molecule has 6 nitrogen and oxygen atoms in total. The van der Waals surface area contributed by atoms with Gasteiger partial charge < -0.3 is 19.7 Å². The highest BCUT2D eigenvalue weighted by Gasteiger charge is 2.80. The third-order valence-electron chi connectivity index (χ3n) is 9.58. The summed E-state index contributed by atoms with van der Waals surface area (Å²) in [5, 5.41) is 21.2. The van der Waals surface area contributed by atoms with Crippen LogP contribution in [0.1, 0.15) is 59.8 Å². The third kappa shape index (κ3) is 2.37. The Labute approximate surface area is 186 Å². The molecule has 9 atom stereocenters. The van der Waals surface area contributed by atoms with E-state index in [1.54, 1.807) is 27.7 Å². The lowest BCUT2D eigenvalue weighted by atomic mass is 9.43. The Morgan fingerprint density at radius 3 is 2.56 bits per heavy atom. The van der Waals surface area contributed by atoms with Crippen LogP contribution >= 0.6 is 0 Å². The number of aliphatic hydroxyl groups is 2. The number of hydrogen-bond acceptors (Lipinski definition) is 6. The molecule has 5 aliphatic rings. The second-order valence-electron chi connectivity index (χ2n) is 11.4. The van der Waals surface area contributed by atoms with Crippen molar-refractivity contribution < 1.29 is 38.1 Å². The molecule has 4 fully saturated rings. The monoisotopic (exact) mass is 454 g/mol. The topological polar surface area (TPSA) is 93.1 Å². The zero-order valence-electron chi connectivity index (χ0n) is 19.0. The first-order valence-corrected chi connectivity index (χ1v) is 11.5. The average Bonchev–Trinajstić information content (AvgIpc) is 3.11. The molecule has 4 aliphatic carbocycles. The van der Waals surface area contributed by atoms with Crippen LogP contribution in [-0.2, 0) is 19.1 Å². The maximum absolute atomic E-state index is 17.2. The second kappa shape index (κ2) is 6.46. The molecule has 0 aromatic rings. The molecule has 0 unspecified atom stereocenters. The summed E-state index contributed by atoms with van der Waals surface area (Å²) < 4.78 is 44.9. The number of ether oxygens (including phenoxy) is 2. The summed E-state index contributed by atoms with van der Waals surface area (Å²) in [6.07, 6.45) is -2.23. The Morgan fingerprint density at radius 1 is 1.22 bits per heavy atom. The second-order valence-corrected chi connectivity index (χ2v) is 11.4. The van der Waals surface area contributed by atoms with Gasteiger partial charge in [-0.05, 0) is 57.1 Å². The number of allylic oxidation sites excluding steroid dienone is 1. The Hall–Kier alpha value is -1.22. The van der Waals surface area contributed by atoms with Crippen LogP contribution in [0.15, 0.2) is 11.6 Å². The van der Waals surface area contributed by atoms with Gasteiger partial charge >= 0.3 is 0 Å². The van der Waals surface area contributed by atoms with Crippen LogP contribution in [0.3, 0.4) is 0 Å². The maximum atomic E-state index is 17.2. The van der Waals surface area contributed by atoms with E-state index in [-0.39, 0.29) is 43.5 Å². The van der Waals surface area contributed by atoms with Gasteiger partial charge in [0.1, 0.15) is 18.4 Å². The largest absolute Gasteiger partial charge is 0.390 e. The van der Waals surface area contributed by atoms with Gasteiger partial charge in [-0.25, -0.2) is 8.78 Å². The van der Waals surface area contributed by atoms with Crippen LogP contribution in [-0.4, -0.2) is 63.8 Å². The number of rotatable bonds is 2. The van der Waals surface area contributed by atoms with Gasteiger partial charge in [-0.2, -0.15) is 0 Å². The van der Waals surface area contributed by atoms with Crippen LogP contribution in [0.2, 0.25) is 0 Å². The molecular weight excluding hydrogens is 422 g/mol. The minimum absolute atomic E-state index is 0.0832. The van der Waals surface area contributed by atoms with Gasteiger partial charge in [-0.15, -0.1) is 0 Å². The van der Waals surface area contributed by atoms with Crippen LogP contribution in [0.5, 0.6) is 0 Å². The van der Waals surface area contributed by atoms with Crippen molar-refractivity contribution in [2.45, 2.75) is 95.2 Å². The summed E-state index contributed by atoms with van der Waals surface area (Å²) in [7, 11) is 0. The summed E-state index contributed by atoms with van der Waals surface area (Å²) >= 11 is 0. The van der Waals surface area contributed by atoms with Gasteiger partial charge in [0.25, 0.3) is 0 Å². The number of carbonyl (C=O) groups is 2. The number of fused-ring (bicyclic) bond motifs is 7. The molecule has 1 heterocycles. The number of hydrogen-bond donors (Lipinski definition) is 2. The minimum Gasteiger partial charge on any atom is -0.390 e. The van der Waals surface area contributed by atoms with Crippen molar-refractivity contribution in [1.29, 1.82) is 0 Å². The average molecular weight is 455 g/mol. The van der Waals surface area contributed by atoms with Crippen molar-refractivity contribution >= 4 is 11.6 Å².